The van der Waals surface area contributed by atoms with Gasteiger partial charge in [-0.15, -0.1) is 0 Å². The van der Waals surface area contributed by atoms with Crippen LogP contribution in [0, 0.1) is 0 Å². The predicted molar refractivity (Wildman–Crippen MR) is 55.2 cm³/mol. The summed E-state index contributed by atoms with van der Waals surface area (Å²) < 4.78 is 0. The smallest absolute Gasteiger partial charge is 0.0283 e. The van der Waals surface area contributed by atoms with E-state index in [1.54, 1.807) is 11.1 Å². The van der Waals surface area contributed by atoms with Gasteiger partial charge in [0.2, 0.25) is 0 Å². The number of hydrogen-bond acceptors (Lipinski definition) is 0. The highest BCUT2D eigenvalue weighted by Crippen LogP contribution is 2.24. The zero-order chi connectivity index (χ0) is 8.81. The predicted octanol–water partition coefficient (Wildman–Crippen LogP) is 4.23. The maximum Gasteiger partial charge on any atom is -0.0283 e. The fourth-order valence-electron chi connectivity index (χ4n) is 1.96. The highest BCUT2D eigenvalue weighted by Gasteiger charge is 2.04. The number of allylic oxidation sites excluding steroid dienone is 4. The second-order valence-electron chi connectivity index (χ2n) is 3.46. The third-order valence-electron chi connectivity index (χ3n) is 2.75. The molecule has 68 valence electrons. The van der Waals surface area contributed by atoms with E-state index in [0.29, 0.717) is 0 Å². The maximum atomic E-state index is 2.34. The summed E-state index contributed by atoms with van der Waals surface area (Å²) in [5.41, 5.74) is 3.45. The van der Waals surface area contributed by atoms with Crippen molar-refractivity contribution in [3.05, 3.63) is 23.3 Å². The Kier molecular flexibility index (Phi) is 4.13. The Hall–Kier alpha value is -0.520. The van der Waals surface area contributed by atoms with Crippen LogP contribution in [0.15, 0.2) is 23.3 Å². The lowest BCUT2D eigenvalue weighted by Gasteiger charge is -2.13. The molecule has 0 heteroatoms. The molecular formula is C12H20. The Morgan fingerprint density at radius 3 is 1.67 bits per heavy atom. The van der Waals surface area contributed by atoms with E-state index in [-0.39, 0.29) is 0 Å². The third kappa shape index (κ3) is 2.51. The molecule has 0 saturated carbocycles. The molecule has 0 unspecified atom stereocenters. The molecule has 0 saturated heterocycles. The first-order valence-corrected chi connectivity index (χ1v) is 5.23. The van der Waals surface area contributed by atoms with Gasteiger partial charge in [0, 0.05) is 0 Å². The topological polar surface area (TPSA) is 0 Å². The lowest BCUT2D eigenvalue weighted by molar-refractivity contribution is 0.793. The second-order valence-corrected chi connectivity index (χ2v) is 3.46. The van der Waals surface area contributed by atoms with Gasteiger partial charge in [-0.3, -0.25) is 0 Å². The van der Waals surface area contributed by atoms with Crippen LogP contribution in [0.1, 0.15) is 52.4 Å². The van der Waals surface area contributed by atoms with Gasteiger partial charge in [0.25, 0.3) is 0 Å². The molecule has 0 fully saturated rings. The first-order valence-electron chi connectivity index (χ1n) is 5.23. The van der Waals surface area contributed by atoms with E-state index in [1.807, 2.05) is 0 Å². The molecule has 1 aliphatic carbocycles. The highest BCUT2D eigenvalue weighted by atomic mass is 14.1. The molecule has 0 aromatic carbocycles. The quantitative estimate of drug-likeness (QED) is 0.536. The van der Waals surface area contributed by atoms with Crippen LogP contribution in [0.25, 0.3) is 0 Å². The monoisotopic (exact) mass is 164 g/mol. The summed E-state index contributed by atoms with van der Waals surface area (Å²) in [6.07, 6.45) is 12.3. The Balaban J connectivity index is 2.67. The molecule has 0 bridgehead atoms. The summed E-state index contributed by atoms with van der Waals surface area (Å²) in [5, 5.41) is 0. The molecule has 0 nitrogen and oxygen atoms in total. The summed E-state index contributed by atoms with van der Waals surface area (Å²) >= 11 is 0. The zero-order valence-corrected chi connectivity index (χ0v) is 8.40. The van der Waals surface area contributed by atoms with Crippen molar-refractivity contribution in [3.63, 3.8) is 0 Å². The summed E-state index contributed by atoms with van der Waals surface area (Å²) in [5.74, 6) is 0. The molecule has 0 spiro atoms. The van der Waals surface area contributed by atoms with E-state index in [0.717, 1.165) is 0 Å². The van der Waals surface area contributed by atoms with E-state index in [1.165, 1.54) is 38.5 Å². The van der Waals surface area contributed by atoms with Crippen LogP contribution in [0.5, 0.6) is 0 Å². The lowest BCUT2D eigenvalue weighted by Crippen LogP contribution is -1.93. The van der Waals surface area contributed by atoms with Gasteiger partial charge in [-0.2, -0.15) is 0 Å². The normalized spacial score (nSPS) is 27.8. The van der Waals surface area contributed by atoms with Gasteiger partial charge in [0.1, 0.15) is 0 Å². The Morgan fingerprint density at radius 1 is 0.917 bits per heavy atom. The Morgan fingerprint density at radius 2 is 1.33 bits per heavy atom. The minimum Gasteiger partial charge on any atom is -0.0882 e. The van der Waals surface area contributed by atoms with Crippen molar-refractivity contribution in [2.45, 2.75) is 52.4 Å². The van der Waals surface area contributed by atoms with E-state index < -0.39 is 0 Å². The maximum absolute atomic E-state index is 2.34. The molecule has 0 N–H and O–H groups in total. The van der Waals surface area contributed by atoms with Gasteiger partial charge in [-0.05, 0) is 38.5 Å². The van der Waals surface area contributed by atoms with E-state index in [9.17, 15) is 0 Å². The van der Waals surface area contributed by atoms with Gasteiger partial charge in [-0.25, -0.2) is 0 Å². The van der Waals surface area contributed by atoms with Gasteiger partial charge in [0.15, 0.2) is 0 Å². The van der Waals surface area contributed by atoms with Gasteiger partial charge >= 0.3 is 0 Å². The molecular weight excluding hydrogens is 144 g/mol. The average molecular weight is 164 g/mol. The molecule has 0 aliphatic heterocycles. The summed E-state index contributed by atoms with van der Waals surface area (Å²) in [7, 11) is 0. The first kappa shape index (κ1) is 9.57. The molecule has 0 aromatic heterocycles. The number of rotatable bonds is 2. The van der Waals surface area contributed by atoms with Crippen LogP contribution in [0.2, 0.25) is 0 Å². The number of hydrogen-bond donors (Lipinski definition) is 0. The summed E-state index contributed by atoms with van der Waals surface area (Å²) in [4.78, 5) is 0. The SMILES string of the molecule is CC/C1=C(\CC)CC/C=C/CC1. The van der Waals surface area contributed by atoms with Crippen LogP contribution in [-0.4, -0.2) is 0 Å². The lowest BCUT2D eigenvalue weighted by atomic mass is 9.93. The van der Waals surface area contributed by atoms with Crippen LogP contribution < -0.4 is 0 Å². The Bertz CT molecular complexity index is 164. The van der Waals surface area contributed by atoms with Crippen molar-refractivity contribution < 1.29 is 0 Å². The molecule has 0 amide bonds. The van der Waals surface area contributed by atoms with E-state index in [4.69, 9.17) is 0 Å². The van der Waals surface area contributed by atoms with Crippen LogP contribution in [0.3, 0.4) is 0 Å². The largest absolute Gasteiger partial charge is 0.0882 e. The molecule has 0 heterocycles. The van der Waals surface area contributed by atoms with Crippen LogP contribution in [0.4, 0.5) is 0 Å². The van der Waals surface area contributed by atoms with Crippen molar-refractivity contribution in [2.24, 2.45) is 0 Å². The molecule has 1 aliphatic rings. The standard InChI is InChI=1S/C12H20/c1-3-11-9-7-5-6-8-10-12(11)4-2/h5-6H,3-4,7-10H2,1-2H3/b6-5+,12-11-. The van der Waals surface area contributed by atoms with Crippen molar-refractivity contribution in [1.29, 1.82) is 0 Å². The minimum absolute atomic E-state index is 1.26. The molecule has 1 rings (SSSR count). The fourth-order valence-corrected chi connectivity index (χ4v) is 1.96. The van der Waals surface area contributed by atoms with E-state index in [2.05, 4.69) is 26.0 Å². The molecule has 0 atom stereocenters. The van der Waals surface area contributed by atoms with Gasteiger partial charge in [-0.1, -0.05) is 37.1 Å². The summed E-state index contributed by atoms with van der Waals surface area (Å²) in [6, 6.07) is 0. The minimum atomic E-state index is 1.26. The van der Waals surface area contributed by atoms with Crippen molar-refractivity contribution >= 4 is 0 Å². The molecule has 0 aromatic rings. The molecule has 12 heavy (non-hydrogen) atoms. The first-order chi connectivity index (χ1) is 5.88. The fraction of sp³-hybridized carbons (Fsp3) is 0.667. The van der Waals surface area contributed by atoms with Crippen molar-refractivity contribution in [2.75, 3.05) is 0 Å². The summed E-state index contributed by atoms with van der Waals surface area (Å²) in [6.45, 7) is 4.58. The Labute approximate surface area is 76.4 Å². The average Bonchev–Trinajstić information content (AvgIpc) is 2.05. The highest BCUT2D eigenvalue weighted by molar-refractivity contribution is 5.16. The van der Waals surface area contributed by atoms with E-state index >= 15 is 0 Å². The second kappa shape index (κ2) is 5.18. The zero-order valence-electron chi connectivity index (χ0n) is 8.40. The third-order valence-corrected chi connectivity index (χ3v) is 2.75. The van der Waals surface area contributed by atoms with Crippen LogP contribution in [-0.2, 0) is 0 Å². The van der Waals surface area contributed by atoms with Crippen molar-refractivity contribution in [3.8, 4) is 0 Å². The van der Waals surface area contributed by atoms with Crippen LogP contribution >= 0.6 is 0 Å². The molecule has 0 radical (unpaired) electrons. The van der Waals surface area contributed by atoms with Gasteiger partial charge in [0.05, 0.1) is 0 Å². The van der Waals surface area contributed by atoms with Crippen molar-refractivity contribution in [1.82, 2.24) is 0 Å². The van der Waals surface area contributed by atoms with Gasteiger partial charge < -0.3 is 0 Å².